The predicted molar refractivity (Wildman–Crippen MR) is 126 cm³/mol. The Morgan fingerprint density at radius 2 is 1.72 bits per heavy atom. The van der Waals surface area contributed by atoms with Gasteiger partial charge in [0.15, 0.2) is 5.78 Å². The van der Waals surface area contributed by atoms with Crippen molar-refractivity contribution in [2.45, 2.75) is 0 Å². The van der Waals surface area contributed by atoms with E-state index in [0.717, 1.165) is 11.3 Å². The Morgan fingerprint density at radius 1 is 1.00 bits per heavy atom. The third-order valence-corrected chi connectivity index (χ3v) is 5.41. The van der Waals surface area contributed by atoms with Gasteiger partial charge in [0.05, 0.1) is 13.7 Å². The van der Waals surface area contributed by atoms with Crippen LogP contribution >= 0.6 is 11.6 Å². The van der Waals surface area contributed by atoms with Gasteiger partial charge in [-0.05, 0) is 48.0 Å². The number of ether oxygens (including phenoxy) is 1. The fraction of sp³-hybridized carbons (Fsp3) is 0.115. The lowest BCUT2D eigenvalue weighted by atomic mass is 9.97. The first kappa shape index (κ1) is 21.5. The van der Waals surface area contributed by atoms with Crippen LogP contribution in [-0.2, 0) is 4.79 Å². The Kier molecular flexibility index (Phi) is 6.47. The lowest BCUT2D eigenvalue weighted by molar-refractivity contribution is -0.121. The number of rotatable bonds is 6. The van der Waals surface area contributed by atoms with E-state index in [1.54, 1.807) is 54.5 Å². The van der Waals surface area contributed by atoms with Crippen LogP contribution in [0.3, 0.4) is 0 Å². The second kappa shape index (κ2) is 9.62. The van der Waals surface area contributed by atoms with Crippen LogP contribution in [0.15, 0.2) is 83.9 Å². The van der Waals surface area contributed by atoms with Crippen LogP contribution in [0.1, 0.15) is 27.0 Å². The van der Waals surface area contributed by atoms with Gasteiger partial charge in [0.25, 0.3) is 5.91 Å². The van der Waals surface area contributed by atoms with Gasteiger partial charge in [-0.15, -0.1) is 0 Å². The molecule has 1 aliphatic heterocycles. The maximum atomic E-state index is 13.1. The molecule has 5 nitrogen and oxygen atoms in total. The molecule has 0 radical (unpaired) electrons. The molecule has 0 spiro atoms. The van der Waals surface area contributed by atoms with Crippen molar-refractivity contribution in [3.05, 3.63) is 106 Å². The number of halogens is 1. The van der Waals surface area contributed by atoms with E-state index in [2.05, 4.69) is 4.99 Å². The van der Waals surface area contributed by atoms with E-state index in [9.17, 15) is 9.59 Å². The topological polar surface area (TPSA) is 59.0 Å². The summed E-state index contributed by atoms with van der Waals surface area (Å²) in [5.41, 5.74) is 2.54. The average Bonchev–Trinajstić information content (AvgIpc) is 3.33. The first-order chi connectivity index (χ1) is 15.6. The molecule has 0 bridgehead atoms. The zero-order valence-corrected chi connectivity index (χ0v) is 18.3. The maximum absolute atomic E-state index is 13.1. The smallest absolute Gasteiger partial charge is 0.252 e. The Hall–Kier alpha value is -3.70. The number of carbonyl (C=O) groups is 2. The van der Waals surface area contributed by atoms with Crippen LogP contribution in [0.25, 0.3) is 6.08 Å². The van der Waals surface area contributed by atoms with Crippen LogP contribution in [0, 0.1) is 0 Å². The molecule has 1 heterocycles. The van der Waals surface area contributed by atoms with Crippen LogP contribution in [-0.4, -0.2) is 42.6 Å². The molecule has 3 aromatic rings. The van der Waals surface area contributed by atoms with Gasteiger partial charge >= 0.3 is 0 Å². The molecule has 160 valence electrons. The summed E-state index contributed by atoms with van der Waals surface area (Å²) in [7, 11) is 1.61. The molecule has 1 aliphatic rings. The van der Waals surface area contributed by atoms with E-state index < -0.39 is 0 Å². The normalized spacial score (nSPS) is 13.3. The molecule has 0 saturated heterocycles. The molecule has 1 amide bonds. The van der Waals surface area contributed by atoms with Crippen LogP contribution in [0.2, 0.25) is 5.02 Å². The van der Waals surface area contributed by atoms with Crippen molar-refractivity contribution in [1.82, 2.24) is 4.90 Å². The van der Waals surface area contributed by atoms with Crippen molar-refractivity contribution in [1.29, 1.82) is 0 Å². The van der Waals surface area contributed by atoms with E-state index in [4.69, 9.17) is 16.3 Å². The lowest BCUT2D eigenvalue weighted by Crippen LogP contribution is -2.34. The van der Waals surface area contributed by atoms with E-state index in [1.165, 1.54) is 6.08 Å². The van der Waals surface area contributed by atoms with Crippen molar-refractivity contribution >= 4 is 35.2 Å². The number of methoxy groups -OCH3 is 1. The van der Waals surface area contributed by atoms with Gasteiger partial charge in [-0.1, -0.05) is 48.0 Å². The van der Waals surface area contributed by atoms with Crippen molar-refractivity contribution in [2.24, 2.45) is 4.99 Å². The van der Waals surface area contributed by atoms with E-state index in [0.29, 0.717) is 40.6 Å². The Balaban J connectivity index is 1.58. The van der Waals surface area contributed by atoms with E-state index >= 15 is 0 Å². The van der Waals surface area contributed by atoms with Crippen molar-refractivity contribution in [2.75, 3.05) is 20.2 Å². The maximum Gasteiger partial charge on any atom is 0.252 e. The van der Waals surface area contributed by atoms with Gasteiger partial charge in [0.1, 0.15) is 11.6 Å². The quantitative estimate of drug-likeness (QED) is 0.402. The average molecular weight is 445 g/mol. The van der Waals surface area contributed by atoms with Crippen molar-refractivity contribution in [3.63, 3.8) is 0 Å². The molecule has 4 rings (SSSR count). The van der Waals surface area contributed by atoms with Gasteiger partial charge in [-0.25, -0.2) is 0 Å². The highest BCUT2D eigenvalue weighted by molar-refractivity contribution is 6.30. The monoisotopic (exact) mass is 444 g/mol. The second-order valence-corrected chi connectivity index (χ2v) is 7.62. The molecular formula is C26H21ClN2O3. The second-order valence-electron chi connectivity index (χ2n) is 7.18. The zero-order chi connectivity index (χ0) is 22.5. The molecular weight excluding hydrogens is 424 g/mol. The number of carbonyl (C=O) groups excluding carboxylic acids is 2. The SMILES string of the molecule is COc1ccc(/C=C/C(=O)N2CCN=C2c2ccccc2C(=O)c2ccc(Cl)cc2)cc1. The number of amides is 1. The Labute approximate surface area is 191 Å². The molecule has 3 aromatic carbocycles. The summed E-state index contributed by atoms with van der Waals surface area (Å²) in [5, 5.41) is 0.565. The van der Waals surface area contributed by atoms with Gasteiger partial charge in [0.2, 0.25) is 0 Å². The van der Waals surface area contributed by atoms with Gasteiger partial charge < -0.3 is 4.74 Å². The highest BCUT2D eigenvalue weighted by Crippen LogP contribution is 2.21. The van der Waals surface area contributed by atoms with E-state index in [1.807, 2.05) is 36.4 Å². The third kappa shape index (κ3) is 4.63. The Bertz CT molecular complexity index is 1200. The molecule has 0 N–H and O–H groups in total. The molecule has 0 fully saturated rings. The van der Waals surface area contributed by atoms with Crippen molar-refractivity contribution < 1.29 is 14.3 Å². The molecule has 0 aliphatic carbocycles. The summed E-state index contributed by atoms with van der Waals surface area (Å²) in [6, 6.07) is 21.4. The number of hydrogen-bond donors (Lipinski definition) is 0. The molecule has 0 unspecified atom stereocenters. The van der Waals surface area contributed by atoms with Crippen molar-refractivity contribution in [3.8, 4) is 5.75 Å². The molecule has 0 saturated carbocycles. The fourth-order valence-electron chi connectivity index (χ4n) is 3.50. The third-order valence-electron chi connectivity index (χ3n) is 5.16. The molecule has 6 heteroatoms. The molecule has 0 atom stereocenters. The van der Waals surface area contributed by atoms with Crippen LogP contribution in [0.5, 0.6) is 5.75 Å². The van der Waals surface area contributed by atoms with E-state index in [-0.39, 0.29) is 11.7 Å². The predicted octanol–water partition coefficient (Wildman–Crippen LogP) is 4.88. The fourth-order valence-corrected chi connectivity index (χ4v) is 3.62. The van der Waals surface area contributed by atoms with Crippen LogP contribution < -0.4 is 4.74 Å². The summed E-state index contributed by atoms with van der Waals surface area (Å²) < 4.78 is 5.16. The molecule has 32 heavy (non-hydrogen) atoms. The Morgan fingerprint density at radius 3 is 2.44 bits per heavy atom. The van der Waals surface area contributed by atoms with Gasteiger partial charge in [-0.2, -0.15) is 0 Å². The highest BCUT2D eigenvalue weighted by atomic mass is 35.5. The number of nitrogens with zero attached hydrogens (tertiary/aromatic N) is 2. The van der Waals surface area contributed by atoms with Gasteiger partial charge in [-0.3, -0.25) is 19.5 Å². The lowest BCUT2D eigenvalue weighted by Gasteiger charge is -2.18. The number of amidine groups is 1. The summed E-state index contributed by atoms with van der Waals surface area (Å²) in [6.45, 7) is 0.950. The zero-order valence-electron chi connectivity index (χ0n) is 17.5. The highest BCUT2D eigenvalue weighted by Gasteiger charge is 2.27. The summed E-state index contributed by atoms with van der Waals surface area (Å²) in [4.78, 5) is 32.2. The summed E-state index contributed by atoms with van der Waals surface area (Å²) in [5.74, 6) is 0.926. The standard InChI is InChI=1S/C26H21ClN2O3/c1-32-21-13-6-18(7-14-21)8-15-24(30)29-17-16-28-26(29)23-5-3-2-4-22(23)25(31)19-9-11-20(27)12-10-19/h2-15H,16-17H2,1H3/b15-8+. The summed E-state index contributed by atoms with van der Waals surface area (Å²) >= 11 is 5.95. The number of ketones is 1. The largest absolute Gasteiger partial charge is 0.497 e. The minimum Gasteiger partial charge on any atom is -0.497 e. The minimum atomic E-state index is -0.189. The van der Waals surface area contributed by atoms with Crippen LogP contribution in [0.4, 0.5) is 0 Å². The van der Waals surface area contributed by atoms with Gasteiger partial charge in [0, 0.05) is 34.3 Å². The first-order valence-corrected chi connectivity index (χ1v) is 10.5. The minimum absolute atomic E-state index is 0.145. The molecule has 0 aromatic heterocycles. The summed E-state index contributed by atoms with van der Waals surface area (Å²) in [6.07, 6.45) is 3.27. The number of hydrogen-bond acceptors (Lipinski definition) is 4. The number of aliphatic imine (C=N–C) groups is 1. The number of benzene rings is 3. The first-order valence-electron chi connectivity index (χ1n) is 10.1.